The van der Waals surface area contributed by atoms with Crippen LogP contribution < -0.4 is 10.1 Å². The fourth-order valence-electron chi connectivity index (χ4n) is 2.27. The van der Waals surface area contributed by atoms with Crippen molar-refractivity contribution in [1.29, 1.82) is 0 Å². The van der Waals surface area contributed by atoms with E-state index in [2.05, 4.69) is 26.2 Å². The molecule has 2 aromatic rings. The second-order valence-electron chi connectivity index (χ2n) is 5.46. The summed E-state index contributed by atoms with van der Waals surface area (Å²) in [5.74, 6) is -0.192. The average Bonchev–Trinajstić information content (AvgIpc) is 2.91. The summed E-state index contributed by atoms with van der Waals surface area (Å²) < 4.78 is 6.28. The van der Waals surface area contributed by atoms with E-state index in [9.17, 15) is 9.59 Å². The van der Waals surface area contributed by atoms with E-state index in [0.29, 0.717) is 20.8 Å². The van der Waals surface area contributed by atoms with Crippen LogP contribution in [0.3, 0.4) is 0 Å². The molecule has 1 N–H and O–H groups in total. The maximum absolute atomic E-state index is 12.6. The van der Waals surface area contributed by atoms with Crippen molar-refractivity contribution >= 4 is 67.8 Å². The highest BCUT2D eigenvalue weighted by Gasteiger charge is 2.33. The van der Waals surface area contributed by atoms with Gasteiger partial charge in [0.05, 0.1) is 23.9 Å². The van der Waals surface area contributed by atoms with E-state index in [1.807, 2.05) is 24.3 Å². The smallest absolute Gasteiger partial charge is 0.266 e. The van der Waals surface area contributed by atoms with Gasteiger partial charge in [0.15, 0.2) is 0 Å². The molecule has 0 unspecified atom stereocenters. The monoisotopic (exact) mass is 463 g/mol. The maximum Gasteiger partial charge on any atom is 0.266 e. The molecule has 3 rings (SSSR count). The zero-order chi connectivity index (χ0) is 19.4. The summed E-state index contributed by atoms with van der Waals surface area (Å²) in [7, 11) is 1.51. The lowest BCUT2D eigenvalue weighted by Crippen LogP contribution is -2.36. The van der Waals surface area contributed by atoms with Crippen LogP contribution in [0.15, 0.2) is 52.0 Å². The Kier molecular flexibility index (Phi) is 6.25. The summed E-state index contributed by atoms with van der Waals surface area (Å²) in [6.07, 6.45) is 3.24. The Labute approximate surface area is 174 Å². The van der Waals surface area contributed by atoms with Crippen molar-refractivity contribution in [2.75, 3.05) is 19.0 Å². The predicted molar refractivity (Wildman–Crippen MR) is 113 cm³/mol. The second kappa shape index (κ2) is 8.64. The number of nitrogens with zero attached hydrogens (tertiary/aromatic N) is 2. The number of hydrogen-bond acceptors (Lipinski definition) is 6. The van der Waals surface area contributed by atoms with Crippen molar-refractivity contribution in [3.05, 3.63) is 57.5 Å². The summed E-state index contributed by atoms with van der Waals surface area (Å²) in [6.45, 7) is -0.158. The van der Waals surface area contributed by atoms with Crippen molar-refractivity contribution in [3.8, 4) is 5.88 Å². The number of ether oxygens (including phenoxy) is 1. The van der Waals surface area contributed by atoms with Gasteiger partial charge < -0.3 is 10.1 Å². The Hall–Kier alpha value is -2.23. The van der Waals surface area contributed by atoms with Crippen LogP contribution in [0.5, 0.6) is 5.88 Å². The van der Waals surface area contributed by atoms with Gasteiger partial charge in [-0.05, 0) is 29.8 Å². The zero-order valence-electron chi connectivity index (χ0n) is 14.1. The molecule has 0 aliphatic carbocycles. The molecular weight excluding hydrogens is 450 g/mol. The van der Waals surface area contributed by atoms with Gasteiger partial charge in [0.1, 0.15) is 10.9 Å². The van der Waals surface area contributed by atoms with E-state index in [1.54, 1.807) is 18.2 Å². The molecule has 0 bridgehead atoms. The van der Waals surface area contributed by atoms with Gasteiger partial charge in [-0.15, -0.1) is 0 Å². The molecule has 2 heterocycles. The van der Waals surface area contributed by atoms with Crippen LogP contribution in [-0.2, 0) is 9.59 Å². The normalized spacial score (nSPS) is 15.3. The predicted octanol–water partition coefficient (Wildman–Crippen LogP) is 3.69. The van der Waals surface area contributed by atoms with Gasteiger partial charge in [0.2, 0.25) is 11.8 Å². The van der Waals surface area contributed by atoms with E-state index in [0.717, 1.165) is 10.0 Å². The van der Waals surface area contributed by atoms with Crippen molar-refractivity contribution in [2.45, 2.75) is 0 Å². The first kappa shape index (κ1) is 19.5. The highest BCUT2D eigenvalue weighted by Crippen LogP contribution is 2.32. The minimum absolute atomic E-state index is 0.158. The minimum atomic E-state index is -0.358. The number of hydrogen-bond donors (Lipinski definition) is 1. The lowest BCUT2D eigenvalue weighted by Gasteiger charge is -2.14. The number of anilines is 1. The number of pyridine rings is 1. The summed E-state index contributed by atoms with van der Waals surface area (Å²) in [5.41, 5.74) is 1.39. The van der Waals surface area contributed by atoms with Crippen LogP contribution in [0, 0.1) is 0 Å². The third-order valence-electron chi connectivity index (χ3n) is 3.57. The molecule has 1 saturated heterocycles. The molecule has 0 saturated carbocycles. The van der Waals surface area contributed by atoms with Crippen molar-refractivity contribution in [3.63, 3.8) is 0 Å². The van der Waals surface area contributed by atoms with E-state index >= 15 is 0 Å². The summed E-state index contributed by atoms with van der Waals surface area (Å²) >= 11 is 9.81. The van der Waals surface area contributed by atoms with Crippen molar-refractivity contribution in [1.82, 2.24) is 9.88 Å². The molecule has 0 radical (unpaired) electrons. The fourth-order valence-corrected chi connectivity index (χ4v) is 3.79. The molecule has 6 nitrogen and oxygen atoms in total. The first-order valence-electron chi connectivity index (χ1n) is 7.77. The molecule has 1 aromatic heterocycles. The van der Waals surface area contributed by atoms with E-state index in [-0.39, 0.29) is 18.4 Å². The minimum Gasteiger partial charge on any atom is -0.481 e. The van der Waals surface area contributed by atoms with Gasteiger partial charge in [-0.1, -0.05) is 52.0 Å². The number of thiocarbonyl (C=S) groups is 1. The van der Waals surface area contributed by atoms with Gasteiger partial charge >= 0.3 is 0 Å². The molecule has 1 fully saturated rings. The number of nitrogens with one attached hydrogen (secondary N) is 1. The molecule has 9 heteroatoms. The van der Waals surface area contributed by atoms with E-state index in [1.165, 1.54) is 30.0 Å². The number of aromatic nitrogens is 1. The molecule has 1 aliphatic heterocycles. The number of methoxy groups -OCH3 is 1. The zero-order valence-corrected chi connectivity index (χ0v) is 17.4. The highest BCUT2D eigenvalue weighted by atomic mass is 79.9. The number of rotatable bonds is 5. The average molecular weight is 464 g/mol. The molecule has 0 spiro atoms. The Morgan fingerprint density at radius 1 is 1.33 bits per heavy atom. The standard InChI is InChI=1S/C18H14BrN3O3S2/c1-25-16-7-6-13(9-20-16)21-15(23)10-22-17(24)14(27-18(22)26)8-11-2-4-12(19)5-3-11/h2-9H,10H2,1H3,(H,21,23). The SMILES string of the molecule is COc1ccc(NC(=O)CN2C(=O)C(=Cc3ccc(Br)cc3)SC2=S)cn1. The Morgan fingerprint density at radius 2 is 2.07 bits per heavy atom. The number of carbonyl (C=O) groups excluding carboxylic acids is 2. The van der Waals surface area contributed by atoms with E-state index < -0.39 is 0 Å². The molecular formula is C18H14BrN3O3S2. The number of benzene rings is 1. The Morgan fingerprint density at radius 3 is 2.70 bits per heavy atom. The van der Waals surface area contributed by atoms with Crippen LogP contribution in [0.1, 0.15) is 5.56 Å². The number of amides is 2. The van der Waals surface area contributed by atoms with Gasteiger partial charge in [0.25, 0.3) is 5.91 Å². The van der Waals surface area contributed by atoms with E-state index in [4.69, 9.17) is 17.0 Å². The number of halogens is 1. The van der Waals surface area contributed by atoms with Crippen molar-refractivity contribution < 1.29 is 14.3 Å². The lowest BCUT2D eigenvalue weighted by molar-refractivity contribution is -0.126. The summed E-state index contributed by atoms with van der Waals surface area (Å²) in [6, 6.07) is 10.9. The number of carbonyl (C=O) groups is 2. The van der Waals surface area contributed by atoms with Crippen LogP contribution in [-0.4, -0.2) is 39.7 Å². The largest absolute Gasteiger partial charge is 0.481 e. The van der Waals surface area contributed by atoms with Crippen LogP contribution in [0.2, 0.25) is 0 Å². The second-order valence-corrected chi connectivity index (χ2v) is 8.05. The highest BCUT2D eigenvalue weighted by molar-refractivity contribution is 9.10. The molecule has 1 aliphatic rings. The van der Waals surface area contributed by atoms with Crippen molar-refractivity contribution in [2.24, 2.45) is 0 Å². The Balaban J connectivity index is 1.65. The molecule has 2 amide bonds. The molecule has 27 heavy (non-hydrogen) atoms. The third kappa shape index (κ3) is 4.94. The quantitative estimate of drug-likeness (QED) is 0.538. The first-order valence-corrected chi connectivity index (χ1v) is 9.79. The van der Waals surface area contributed by atoms with Crippen LogP contribution >= 0.6 is 39.9 Å². The fraction of sp³-hybridized carbons (Fsp3) is 0.111. The molecule has 138 valence electrons. The third-order valence-corrected chi connectivity index (χ3v) is 5.48. The molecule has 0 atom stereocenters. The molecule has 1 aromatic carbocycles. The lowest BCUT2D eigenvalue weighted by atomic mass is 10.2. The maximum atomic E-state index is 12.6. The van der Waals surface area contributed by atoms with Gasteiger partial charge in [-0.2, -0.15) is 0 Å². The first-order chi connectivity index (χ1) is 13.0. The van der Waals surface area contributed by atoms with Gasteiger partial charge in [0, 0.05) is 10.5 Å². The Bertz CT molecular complexity index is 914. The summed E-state index contributed by atoms with van der Waals surface area (Å²) in [5, 5.41) is 2.69. The van der Waals surface area contributed by atoms with Crippen LogP contribution in [0.25, 0.3) is 6.08 Å². The topological polar surface area (TPSA) is 71.5 Å². The number of thioether (sulfide) groups is 1. The van der Waals surface area contributed by atoms with Gasteiger partial charge in [-0.25, -0.2) is 4.98 Å². The summed E-state index contributed by atoms with van der Waals surface area (Å²) in [4.78, 5) is 30.6. The van der Waals surface area contributed by atoms with Crippen LogP contribution in [0.4, 0.5) is 5.69 Å². The van der Waals surface area contributed by atoms with Gasteiger partial charge in [-0.3, -0.25) is 14.5 Å².